The first-order valence-electron chi connectivity index (χ1n) is 8.03. The summed E-state index contributed by atoms with van der Waals surface area (Å²) in [5.41, 5.74) is 0.927. The lowest BCUT2D eigenvalue weighted by Crippen LogP contribution is -2.16. The average Bonchev–Trinajstić information content (AvgIpc) is 2.54. The first-order chi connectivity index (χ1) is 11.5. The number of para-hydroxylation sites is 2. The molecule has 0 unspecified atom stereocenters. The van der Waals surface area contributed by atoms with Crippen molar-refractivity contribution >= 4 is 17.4 Å². The Kier molecular flexibility index (Phi) is 6.12. The fourth-order valence-electron chi connectivity index (χ4n) is 2.20. The van der Waals surface area contributed by atoms with Gasteiger partial charge in [-0.1, -0.05) is 26.0 Å². The molecule has 0 aliphatic heterocycles. The number of carbonyl (C=O) groups is 1. The Morgan fingerprint density at radius 1 is 1.25 bits per heavy atom. The number of nitrogens with one attached hydrogen (secondary N) is 2. The monoisotopic (exact) mass is 328 g/mol. The molecule has 2 N–H and O–H groups in total. The number of anilines is 2. The molecule has 0 bridgehead atoms. The molecule has 0 aliphatic carbocycles. The Morgan fingerprint density at radius 3 is 2.71 bits per heavy atom. The molecule has 6 heteroatoms. The fourth-order valence-corrected chi connectivity index (χ4v) is 2.20. The Hall–Kier alpha value is -2.63. The molecule has 2 rings (SSSR count). The minimum Gasteiger partial charge on any atom is -0.495 e. The zero-order valence-corrected chi connectivity index (χ0v) is 14.6. The quantitative estimate of drug-likeness (QED) is 0.813. The van der Waals surface area contributed by atoms with Gasteiger partial charge in [-0.25, -0.2) is 9.97 Å². The molecule has 0 radical (unpaired) electrons. The maximum atomic E-state index is 12.5. The standard InChI is InChI=1S/C18H24N4O2/c1-12(2)9-10-19-17-11-15(20-13(3)21-17)18(23)22-14-7-5-6-8-16(14)24-4/h5-8,11-12H,9-10H2,1-4H3,(H,22,23)(H,19,20,21). The number of carbonyl (C=O) groups excluding carboxylic acids is 1. The normalized spacial score (nSPS) is 10.5. The van der Waals surface area contributed by atoms with Gasteiger partial charge in [-0.2, -0.15) is 0 Å². The van der Waals surface area contributed by atoms with E-state index in [1.807, 2.05) is 12.1 Å². The maximum absolute atomic E-state index is 12.5. The smallest absolute Gasteiger partial charge is 0.274 e. The lowest BCUT2D eigenvalue weighted by molar-refractivity contribution is 0.102. The second-order valence-electron chi connectivity index (χ2n) is 5.95. The van der Waals surface area contributed by atoms with E-state index in [1.165, 1.54) is 0 Å². The largest absolute Gasteiger partial charge is 0.495 e. The van der Waals surface area contributed by atoms with Gasteiger partial charge in [0.05, 0.1) is 12.8 Å². The van der Waals surface area contributed by atoms with E-state index >= 15 is 0 Å². The minimum atomic E-state index is -0.295. The molecule has 1 aromatic carbocycles. The summed E-state index contributed by atoms with van der Waals surface area (Å²) in [6, 6.07) is 8.92. The van der Waals surface area contributed by atoms with E-state index in [0.29, 0.717) is 34.7 Å². The van der Waals surface area contributed by atoms with E-state index < -0.39 is 0 Å². The summed E-state index contributed by atoms with van der Waals surface area (Å²) in [6.45, 7) is 6.91. The Labute approximate surface area is 142 Å². The fraction of sp³-hybridized carbons (Fsp3) is 0.389. The Balaban J connectivity index is 2.12. The lowest BCUT2D eigenvalue weighted by atomic mass is 10.1. The van der Waals surface area contributed by atoms with Crippen molar-refractivity contribution in [3.8, 4) is 5.75 Å². The molecule has 128 valence electrons. The highest BCUT2D eigenvalue weighted by molar-refractivity contribution is 6.04. The molecule has 1 heterocycles. The summed E-state index contributed by atoms with van der Waals surface area (Å²) in [7, 11) is 1.57. The highest BCUT2D eigenvalue weighted by atomic mass is 16.5. The first kappa shape index (κ1) is 17.7. The van der Waals surface area contributed by atoms with E-state index in [1.54, 1.807) is 32.2 Å². The van der Waals surface area contributed by atoms with Gasteiger partial charge >= 0.3 is 0 Å². The second-order valence-corrected chi connectivity index (χ2v) is 5.95. The number of rotatable bonds is 7. The predicted octanol–water partition coefficient (Wildman–Crippen LogP) is 3.50. The molecule has 1 amide bonds. The van der Waals surface area contributed by atoms with E-state index in [4.69, 9.17) is 4.74 Å². The minimum absolute atomic E-state index is 0.295. The van der Waals surface area contributed by atoms with Crippen LogP contribution >= 0.6 is 0 Å². The van der Waals surface area contributed by atoms with E-state index in [9.17, 15) is 4.79 Å². The molecule has 24 heavy (non-hydrogen) atoms. The van der Waals surface area contributed by atoms with Crippen molar-refractivity contribution in [1.29, 1.82) is 0 Å². The number of hydrogen-bond acceptors (Lipinski definition) is 5. The van der Waals surface area contributed by atoms with Crippen molar-refractivity contribution in [2.24, 2.45) is 5.92 Å². The van der Waals surface area contributed by atoms with Crippen molar-refractivity contribution in [1.82, 2.24) is 9.97 Å². The van der Waals surface area contributed by atoms with Crippen LogP contribution in [0.25, 0.3) is 0 Å². The van der Waals surface area contributed by atoms with Crippen LogP contribution in [0.5, 0.6) is 5.75 Å². The van der Waals surface area contributed by atoms with Gasteiger partial charge in [0.25, 0.3) is 5.91 Å². The number of aryl methyl sites for hydroxylation is 1. The zero-order valence-electron chi connectivity index (χ0n) is 14.6. The zero-order chi connectivity index (χ0) is 17.5. The SMILES string of the molecule is COc1ccccc1NC(=O)c1cc(NCCC(C)C)nc(C)n1. The topological polar surface area (TPSA) is 76.1 Å². The van der Waals surface area contributed by atoms with Gasteiger partial charge in [-0.05, 0) is 31.4 Å². The van der Waals surface area contributed by atoms with E-state index in [-0.39, 0.29) is 5.91 Å². The summed E-state index contributed by atoms with van der Waals surface area (Å²) >= 11 is 0. The van der Waals surface area contributed by atoms with Gasteiger partial charge in [-0.15, -0.1) is 0 Å². The van der Waals surface area contributed by atoms with Gasteiger partial charge in [-0.3, -0.25) is 4.79 Å². The van der Waals surface area contributed by atoms with Crippen LogP contribution in [-0.2, 0) is 0 Å². The highest BCUT2D eigenvalue weighted by Gasteiger charge is 2.13. The molecule has 0 aliphatic rings. The number of benzene rings is 1. The number of aromatic nitrogens is 2. The van der Waals surface area contributed by atoms with Crippen molar-refractivity contribution < 1.29 is 9.53 Å². The Morgan fingerprint density at radius 2 is 2.00 bits per heavy atom. The Bertz CT molecular complexity index is 701. The summed E-state index contributed by atoms with van der Waals surface area (Å²) in [5.74, 6) is 2.13. The molecule has 0 spiro atoms. The molecule has 1 aromatic heterocycles. The summed E-state index contributed by atoms with van der Waals surface area (Å²) < 4.78 is 5.25. The van der Waals surface area contributed by atoms with Crippen LogP contribution in [0.3, 0.4) is 0 Å². The van der Waals surface area contributed by atoms with Crippen LogP contribution in [0.4, 0.5) is 11.5 Å². The molecule has 0 saturated carbocycles. The first-order valence-corrected chi connectivity index (χ1v) is 8.03. The summed E-state index contributed by atoms with van der Waals surface area (Å²) in [6.07, 6.45) is 1.03. The third kappa shape index (κ3) is 4.94. The maximum Gasteiger partial charge on any atom is 0.274 e. The lowest BCUT2D eigenvalue weighted by Gasteiger charge is -2.11. The van der Waals surface area contributed by atoms with Gasteiger partial charge in [0.1, 0.15) is 23.1 Å². The molecule has 2 aromatic rings. The summed E-state index contributed by atoms with van der Waals surface area (Å²) in [4.78, 5) is 21.0. The molecular formula is C18H24N4O2. The number of ether oxygens (including phenoxy) is 1. The molecule has 0 fully saturated rings. The van der Waals surface area contributed by atoms with E-state index in [0.717, 1.165) is 13.0 Å². The van der Waals surface area contributed by atoms with Gasteiger partial charge in [0.15, 0.2) is 0 Å². The van der Waals surface area contributed by atoms with Crippen molar-refractivity contribution in [2.75, 3.05) is 24.3 Å². The second kappa shape index (κ2) is 8.29. The van der Waals surface area contributed by atoms with Crippen LogP contribution in [0, 0.1) is 12.8 Å². The molecule has 0 saturated heterocycles. The molecule has 0 atom stereocenters. The number of hydrogen-bond donors (Lipinski definition) is 2. The van der Waals surface area contributed by atoms with Gasteiger partial charge < -0.3 is 15.4 Å². The third-order valence-corrected chi connectivity index (χ3v) is 3.45. The third-order valence-electron chi connectivity index (χ3n) is 3.45. The van der Waals surface area contributed by atoms with Gasteiger partial charge in [0.2, 0.25) is 0 Å². The predicted molar refractivity (Wildman–Crippen MR) is 95.7 cm³/mol. The van der Waals surface area contributed by atoms with Crippen LogP contribution in [0.15, 0.2) is 30.3 Å². The number of methoxy groups -OCH3 is 1. The van der Waals surface area contributed by atoms with E-state index in [2.05, 4.69) is 34.4 Å². The van der Waals surface area contributed by atoms with Crippen LogP contribution < -0.4 is 15.4 Å². The van der Waals surface area contributed by atoms with Crippen molar-refractivity contribution in [3.63, 3.8) is 0 Å². The van der Waals surface area contributed by atoms with Gasteiger partial charge in [0, 0.05) is 12.6 Å². The van der Waals surface area contributed by atoms with Crippen molar-refractivity contribution in [3.05, 3.63) is 41.9 Å². The number of amides is 1. The van der Waals surface area contributed by atoms with Crippen molar-refractivity contribution in [2.45, 2.75) is 27.2 Å². The molecule has 6 nitrogen and oxygen atoms in total. The average molecular weight is 328 g/mol. The number of nitrogens with zero attached hydrogens (tertiary/aromatic N) is 2. The summed E-state index contributed by atoms with van der Waals surface area (Å²) in [5, 5.41) is 6.07. The van der Waals surface area contributed by atoms with Crippen LogP contribution in [0.1, 0.15) is 36.6 Å². The van der Waals surface area contributed by atoms with Crippen LogP contribution in [0.2, 0.25) is 0 Å². The van der Waals surface area contributed by atoms with Crippen LogP contribution in [-0.4, -0.2) is 29.5 Å². The highest BCUT2D eigenvalue weighted by Crippen LogP contribution is 2.23. The molecular weight excluding hydrogens is 304 g/mol.